The monoisotopic (exact) mass is 275 g/mol. The molecule has 0 atom stereocenters. The van der Waals surface area contributed by atoms with E-state index in [4.69, 9.17) is 5.90 Å². The molecule has 1 fully saturated rings. The Balaban J connectivity index is 2.28. The molecule has 0 aromatic heterocycles. The SMILES string of the molecule is NOCC1=CC(C(F)(F)F)=C(C2CCCCC2)CC1. The highest BCUT2D eigenvalue weighted by atomic mass is 19.4. The number of halogens is 3. The smallest absolute Gasteiger partial charge is 0.300 e. The van der Waals surface area contributed by atoms with Gasteiger partial charge < -0.3 is 4.84 Å². The molecule has 0 aromatic carbocycles. The third-order valence-electron chi connectivity index (χ3n) is 4.08. The van der Waals surface area contributed by atoms with Gasteiger partial charge in [0.2, 0.25) is 0 Å². The van der Waals surface area contributed by atoms with Crippen LogP contribution in [0.2, 0.25) is 0 Å². The van der Waals surface area contributed by atoms with Gasteiger partial charge >= 0.3 is 6.18 Å². The summed E-state index contributed by atoms with van der Waals surface area (Å²) in [5.74, 6) is 5.07. The highest BCUT2D eigenvalue weighted by molar-refractivity contribution is 5.38. The second-order valence-corrected chi connectivity index (χ2v) is 5.39. The summed E-state index contributed by atoms with van der Waals surface area (Å²) in [5.41, 5.74) is 0.792. The lowest BCUT2D eigenvalue weighted by Gasteiger charge is -2.30. The van der Waals surface area contributed by atoms with Crippen LogP contribution in [0.5, 0.6) is 0 Å². The van der Waals surface area contributed by atoms with E-state index in [-0.39, 0.29) is 12.5 Å². The minimum atomic E-state index is -4.27. The lowest BCUT2D eigenvalue weighted by Crippen LogP contribution is -2.22. The van der Waals surface area contributed by atoms with Crippen LogP contribution in [0.15, 0.2) is 22.8 Å². The van der Waals surface area contributed by atoms with Crippen molar-refractivity contribution in [2.45, 2.75) is 51.1 Å². The van der Waals surface area contributed by atoms with E-state index in [0.717, 1.165) is 32.1 Å². The molecular weight excluding hydrogens is 255 g/mol. The van der Waals surface area contributed by atoms with Crippen molar-refractivity contribution < 1.29 is 18.0 Å². The van der Waals surface area contributed by atoms with E-state index in [2.05, 4.69) is 4.84 Å². The summed E-state index contributed by atoms with van der Waals surface area (Å²) in [4.78, 5) is 4.46. The molecule has 2 aliphatic carbocycles. The molecule has 2 nitrogen and oxygen atoms in total. The third-order valence-corrected chi connectivity index (χ3v) is 4.08. The molecule has 2 N–H and O–H groups in total. The van der Waals surface area contributed by atoms with Gasteiger partial charge in [-0.05, 0) is 43.3 Å². The van der Waals surface area contributed by atoms with E-state index in [1.165, 1.54) is 6.08 Å². The summed E-state index contributed by atoms with van der Waals surface area (Å²) in [6.45, 7) is 0.0809. The second kappa shape index (κ2) is 6.09. The Morgan fingerprint density at radius 2 is 1.84 bits per heavy atom. The van der Waals surface area contributed by atoms with Crippen molar-refractivity contribution in [3.63, 3.8) is 0 Å². The molecule has 0 radical (unpaired) electrons. The average molecular weight is 275 g/mol. The molecule has 1 saturated carbocycles. The zero-order chi connectivity index (χ0) is 13.9. The summed E-state index contributed by atoms with van der Waals surface area (Å²) < 4.78 is 39.6. The van der Waals surface area contributed by atoms with Gasteiger partial charge in [-0.1, -0.05) is 24.8 Å². The summed E-state index contributed by atoms with van der Waals surface area (Å²) in [6.07, 6.45) is 3.12. The van der Waals surface area contributed by atoms with Crippen molar-refractivity contribution in [3.8, 4) is 0 Å². The molecule has 5 heteroatoms. The molecule has 0 aromatic rings. The second-order valence-electron chi connectivity index (χ2n) is 5.39. The van der Waals surface area contributed by atoms with Gasteiger partial charge in [-0.15, -0.1) is 0 Å². The minimum Gasteiger partial charge on any atom is -0.300 e. The quantitative estimate of drug-likeness (QED) is 0.789. The number of nitrogens with two attached hydrogens (primary N) is 1. The van der Waals surface area contributed by atoms with Crippen molar-refractivity contribution in [1.29, 1.82) is 0 Å². The molecule has 0 amide bonds. The third kappa shape index (κ3) is 3.60. The van der Waals surface area contributed by atoms with Crippen LogP contribution in [-0.4, -0.2) is 12.8 Å². The fourth-order valence-corrected chi connectivity index (χ4v) is 3.16. The molecule has 19 heavy (non-hydrogen) atoms. The lowest BCUT2D eigenvalue weighted by molar-refractivity contribution is -0.0901. The van der Waals surface area contributed by atoms with Crippen molar-refractivity contribution in [3.05, 3.63) is 22.8 Å². The van der Waals surface area contributed by atoms with Crippen LogP contribution in [0.4, 0.5) is 13.2 Å². The first kappa shape index (κ1) is 14.6. The zero-order valence-electron chi connectivity index (χ0n) is 10.9. The molecule has 0 aliphatic heterocycles. The summed E-state index contributed by atoms with van der Waals surface area (Å²) >= 11 is 0. The van der Waals surface area contributed by atoms with Gasteiger partial charge in [-0.25, -0.2) is 5.90 Å². The van der Waals surface area contributed by atoms with Crippen LogP contribution in [0.1, 0.15) is 44.9 Å². The maximum atomic E-state index is 13.2. The predicted octanol–water partition coefficient (Wildman–Crippen LogP) is 4.04. The van der Waals surface area contributed by atoms with Gasteiger partial charge in [-0.2, -0.15) is 13.2 Å². The first-order valence-corrected chi connectivity index (χ1v) is 6.83. The number of hydrogen-bond donors (Lipinski definition) is 1. The Morgan fingerprint density at radius 1 is 1.16 bits per heavy atom. The molecule has 2 rings (SSSR count). The lowest BCUT2D eigenvalue weighted by atomic mass is 9.77. The van der Waals surface area contributed by atoms with E-state index >= 15 is 0 Å². The van der Waals surface area contributed by atoms with Crippen LogP contribution in [0, 0.1) is 5.92 Å². The Morgan fingerprint density at radius 3 is 2.42 bits per heavy atom. The van der Waals surface area contributed by atoms with Gasteiger partial charge in [0.1, 0.15) is 0 Å². The average Bonchev–Trinajstić information content (AvgIpc) is 2.39. The van der Waals surface area contributed by atoms with Crippen molar-refractivity contribution in [1.82, 2.24) is 0 Å². The highest BCUT2D eigenvalue weighted by Crippen LogP contribution is 2.42. The number of allylic oxidation sites excluding steroid dienone is 3. The van der Waals surface area contributed by atoms with Crippen molar-refractivity contribution >= 4 is 0 Å². The van der Waals surface area contributed by atoms with Crippen LogP contribution >= 0.6 is 0 Å². The largest absolute Gasteiger partial charge is 0.416 e. The van der Waals surface area contributed by atoms with Gasteiger partial charge in [0.05, 0.1) is 12.2 Å². The zero-order valence-corrected chi connectivity index (χ0v) is 10.9. The molecule has 0 heterocycles. The Hall–Kier alpha value is -0.810. The van der Waals surface area contributed by atoms with Crippen LogP contribution in [0.25, 0.3) is 0 Å². The number of rotatable bonds is 3. The maximum Gasteiger partial charge on any atom is 0.416 e. The fraction of sp³-hybridized carbons (Fsp3) is 0.714. The van der Waals surface area contributed by atoms with Crippen molar-refractivity contribution in [2.24, 2.45) is 11.8 Å². The van der Waals surface area contributed by atoms with Gasteiger partial charge in [-0.3, -0.25) is 0 Å². The van der Waals surface area contributed by atoms with Gasteiger partial charge in [0.15, 0.2) is 0 Å². The Labute approximate surface area is 111 Å². The van der Waals surface area contributed by atoms with Gasteiger partial charge in [0, 0.05) is 0 Å². The topological polar surface area (TPSA) is 35.2 Å². The summed E-state index contributed by atoms with van der Waals surface area (Å²) in [5, 5.41) is 0. The van der Waals surface area contributed by atoms with E-state index in [0.29, 0.717) is 24.0 Å². The van der Waals surface area contributed by atoms with Gasteiger partial charge in [0.25, 0.3) is 0 Å². The highest BCUT2D eigenvalue weighted by Gasteiger charge is 2.38. The van der Waals surface area contributed by atoms with Crippen molar-refractivity contribution in [2.75, 3.05) is 6.61 Å². The first-order valence-electron chi connectivity index (χ1n) is 6.83. The molecule has 0 unspecified atom stereocenters. The number of hydrogen-bond acceptors (Lipinski definition) is 2. The van der Waals surface area contributed by atoms with E-state index in [1.54, 1.807) is 0 Å². The predicted molar refractivity (Wildman–Crippen MR) is 67.1 cm³/mol. The fourth-order valence-electron chi connectivity index (χ4n) is 3.16. The molecule has 2 aliphatic rings. The normalized spacial score (nSPS) is 22.6. The standard InChI is InChI=1S/C14H20F3NO/c15-14(16,17)13-8-10(9-19-18)6-7-12(13)11-4-2-1-3-5-11/h8,11H,1-7,9,18H2. The van der Waals surface area contributed by atoms with Crippen LogP contribution < -0.4 is 5.90 Å². The summed E-state index contributed by atoms with van der Waals surface area (Å²) in [6, 6.07) is 0. The van der Waals surface area contributed by atoms with E-state index < -0.39 is 11.7 Å². The molecular formula is C14H20F3NO. The van der Waals surface area contributed by atoms with Crippen LogP contribution in [0.3, 0.4) is 0 Å². The van der Waals surface area contributed by atoms with E-state index in [1.807, 2.05) is 0 Å². The Bertz CT molecular complexity index is 379. The molecule has 0 saturated heterocycles. The molecule has 0 spiro atoms. The first-order chi connectivity index (χ1) is 9.02. The molecule has 0 bridgehead atoms. The van der Waals surface area contributed by atoms with Crippen LogP contribution in [-0.2, 0) is 4.84 Å². The number of alkyl halides is 3. The summed E-state index contributed by atoms with van der Waals surface area (Å²) in [7, 11) is 0. The van der Waals surface area contributed by atoms with E-state index in [9.17, 15) is 13.2 Å². The minimum absolute atomic E-state index is 0.0809. The maximum absolute atomic E-state index is 13.2. The molecule has 108 valence electrons. The Kier molecular flexibility index (Phi) is 4.68.